The minimum atomic E-state index is -0.206. The summed E-state index contributed by atoms with van der Waals surface area (Å²) >= 11 is 0. The molecule has 0 amide bonds. The lowest BCUT2D eigenvalue weighted by Gasteiger charge is -2.35. The third-order valence-electron chi connectivity index (χ3n) is 4.86. The summed E-state index contributed by atoms with van der Waals surface area (Å²) in [5.74, 6) is -0.206. The van der Waals surface area contributed by atoms with Gasteiger partial charge in [-0.1, -0.05) is 30.3 Å². The first-order valence-corrected chi connectivity index (χ1v) is 7.80. The van der Waals surface area contributed by atoms with E-state index in [9.17, 15) is 4.39 Å². The number of anilines is 2. The summed E-state index contributed by atoms with van der Waals surface area (Å²) < 4.78 is 14.1. The van der Waals surface area contributed by atoms with Crippen molar-refractivity contribution in [1.82, 2.24) is 4.90 Å². The first-order valence-electron chi connectivity index (χ1n) is 7.80. The van der Waals surface area contributed by atoms with Gasteiger partial charge in [-0.15, -0.1) is 0 Å². The molecule has 2 aliphatic heterocycles. The highest BCUT2D eigenvalue weighted by atomic mass is 19.1. The average molecular weight is 297 g/mol. The molecule has 0 saturated carbocycles. The highest BCUT2D eigenvalue weighted by molar-refractivity contribution is 5.56. The maximum atomic E-state index is 14.1. The van der Waals surface area contributed by atoms with Crippen LogP contribution < -0.4 is 10.6 Å². The zero-order valence-electron chi connectivity index (χ0n) is 12.5. The third kappa shape index (κ3) is 2.33. The molecular weight excluding hydrogens is 277 g/mol. The highest BCUT2D eigenvalue weighted by Gasteiger charge is 2.43. The van der Waals surface area contributed by atoms with Gasteiger partial charge in [-0.3, -0.25) is 4.90 Å². The van der Waals surface area contributed by atoms with E-state index in [1.807, 2.05) is 12.1 Å². The van der Waals surface area contributed by atoms with E-state index in [4.69, 9.17) is 5.73 Å². The van der Waals surface area contributed by atoms with E-state index in [-0.39, 0.29) is 5.82 Å². The average Bonchev–Trinajstić information content (AvgIpc) is 3.08. The molecular formula is C18H20FN3. The normalized spacial score (nSPS) is 24.1. The van der Waals surface area contributed by atoms with Gasteiger partial charge in [0.1, 0.15) is 5.82 Å². The van der Waals surface area contributed by atoms with Crippen molar-refractivity contribution in [1.29, 1.82) is 0 Å². The van der Waals surface area contributed by atoms with Crippen LogP contribution >= 0.6 is 0 Å². The van der Waals surface area contributed by atoms with E-state index in [1.165, 1.54) is 11.6 Å². The van der Waals surface area contributed by atoms with Crippen LogP contribution in [0.1, 0.15) is 12.0 Å². The molecule has 2 bridgehead atoms. The van der Waals surface area contributed by atoms with E-state index < -0.39 is 0 Å². The van der Waals surface area contributed by atoms with Crippen molar-refractivity contribution < 1.29 is 4.39 Å². The lowest BCUT2D eigenvalue weighted by molar-refractivity contribution is 0.230. The quantitative estimate of drug-likeness (QED) is 0.884. The van der Waals surface area contributed by atoms with Crippen molar-refractivity contribution in [2.75, 3.05) is 23.7 Å². The summed E-state index contributed by atoms with van der Waals surface area (Å²) in [5, 5.41) is 0. The Morgan fingerprint density at radius 2 is 1.86 bits per heavy atom. The molecule has 4 heteroatoms. The number of hydrogen-bond acceptors (Lipinski definition) is 3. The second-order valence-corrected chi connectivity index (χ2v) is 6.32. The zero-order chi connectivity index (χ0) is 15.1. The fourth-order valence-corrected chi connectivity index (χ4v) is 3.81. The maximum Gasteiger partial charge on any atom is 0.148 e. The summed E-state index contributed by atoms with van der Waals surface area (Å²) in [5.41, 5.74) is 8.17. The molecule has 22 heavy (non-hydrogen) atoms. The van der Waals surface area contributed by atoms with Gasteiger partial charge in [-0.25, -0.2) is 4.39 Å². The van der Waals surface area contributed by atoms with Crippen LogP contribution in [0.4, 0.5) is 15.8 Å². The van der Waals surface area contributed by atoms with Gasteiger partial charge in [0.05, 0.1) is 5.69 Å². The van der Waals surface area contributed by atoms with Crippen LogP contribution in [-0.2, 0) is 6.54 Å². The first-order chi connectivity index (χ1) is 10.7. The smallest absolute Gasteiger partial charge is 0.148 e. The highest BCUT2D eigenvalue weighted by Crippen LogP contribution is 2.36. The number of rotatable bonds is 3. The zero-order valence-corrected chi connectivity index (χ0v) is 12.5. The number of piperazine rings is 1. The molecule has 0 unspecified atom stereocenters. The molecule has 2 aliphatic rings. The number of benzene rings is 2. The van der Waals surface area contributed by atoms with Crippen LogP contribution in [0.5, 0.6) is 0 Å². The Hall–Kier alpha value is -2.07. The number of nitrogens with two attached hydrogens (primary N) is 1. The van der Waals surface area contributed by atoms with Crippen molar-refractivity contribution in [3.05, 3.63) is 59.9 Å². The Morgan fingerprint density at radius 1 is 1.05 bits per heavy atom. The molecule has 4 rings (SSSR count). The number of fused-ring (bicyclic) bond motifs is 2. The minimum absolute atomic E-state index is 0.206. The van der Waals surface area contributed by atoms with Crippen molar-refractivity contribution in [2.24, 2.45) is 0 Å². The third-order valence-corrected chi connectivity index (χ3v) is 4.86. The van der Waals surface area contributed by atoms with Crippen molar-refractivity contribution in [2.45, 2.75) is 25.0 Å². The molecule has 0 radical (unpaired) electrons. The fourth-order valence-electron chi connectivity index (χ4n) is 3.81. The second-order valence-electron chi connectivity index (χ2n) is 6.32. The fraction of sp³-hybridized carbons (Fsp3) is 0.333. The summed E-state index contributed by atoms with van der Waals surface area (Å²) in [6.07, 6.45) is 1.12. The predicted molar refractivity (Wildman–Crippen MR) is 87.2 cm³/mol. The minimum Gasteiger partial charge on any atom is -0.399 e. The lowest BCUT2D eigenvalue weighted by atomic mass is 10.2. The van der Waals surface area contributed by atoms with Crippen molar-refractivity contribution in [3.63, 3.8) is 0 Å². The molecule has 0 aromatic heterocycles. The molecule has 0 aliphatic carbocycles. The summed E-state index contributed by atoms with van der Waals surface area (Å²) in [7, 11) is 0. The molecule has 3 nitrogen and oxygen atoms in total. The SMILES string of the molecule is Nc1ccc(N2C[C@@H]3C[C@H]2CN3Cc2ccccc2)c(F)c1. The molecule has 2 aromatic carbocycles. The largest absolute Gasteiger partial charge is 0.399 e. The Labute approximate surface area is 130 Å². The molecule has 114 valence electrons. The molecule has 2 saturated heterocycles. The Bertz CT molecular complexity index is 673. The van der Waals surface area contributed by atoms with Gasteiger partial charge < -0.3 is 10.6 Å². The van der Waals surface area contributed by atoms with E-state index in [0.717, 1.165) is 26.1 Å². The van der Waals surface area contributed by atoms with Crippen LogP contribution in [0.2, 0.25) is 0 Å². The van der Waals surface area contributed by atoms with Gasteiger partial charge in [0.25, 0.3) is 0 Å². The van der Waals surface area contributed by atoms with E-state index in [0.29, 0.717) is 23.5 Å². The Morgan fingerprint density at radius 3 is 2.55 bits per heavy atom. The number of nitrogens with zero attached hydrogens (tertiary/aromatic N) is 2. The standard InChI is InChI=1S/C18H20FN3/c19-17-8-14(20)6-7-18(17)22-12-15-9-16(22)11-21(15)10-13-4-2-1-3-5-13/h1-8,15-16H,9-12,20H2/t15-,16-/m0/s1. The summed E-state index contributed by atoms with van der Waals surface area (Å²) in [6.45, 7) is 2.89. The molecule has 2 atom stereocenters. The van der Waals surface area contributed by atoms with Crippen LogP contribution in [0, 0.1) is 5.82 Å². The number of nitrogen functional groups attached to an aromatic ring is 1. The van der Waals surface area contributed by atoms with Gasteiger partial charge >= 0.3 is 0 Å². The van der Waals surface area contributed by atoms with Crippen LogP contribution in [0.3, 0.4) is 0 Å². The van der Waals surface area contributed by atoms with Gasteiger partial charge in [-0.05, 0) is 30.2 Å². The van der Waals surface area contributed by atoms with Gasteiger partial charge in [0.15, 0.2) is 0 Å². The van der Waals surface area contributed by atoms with Crippen LogP contribution in [0.15, 0.2) is 48.5 Å². The van der Waals surface area contributed by atoms with Crippen LogP contribution in [0.25, 0.3) is 0 Å². The van der Waals surface area contributed by atoms with E-state index in [1.54, 1.807) is 6.07 Å². The predicted octanol–water partition coefficient (Wildman–Crippen LogP) is 2.87. The first kappa shape index (κ1) is 13.6. The van der Waals surface area contributed by atoms with Crippen molar-refractivity contribution in [3.8, 4) is 0 Å². The van der Waals surface area contributed by atoms with Gasteiger partial charge in [0.2, 0.25) is 0 Å². The molecule has 2 heterocycles. The lowest BCUT2D eigenvalue weighted by Crippen LogP contribution is -2.46. The molecule has 0 spiro atoms. The van der Waals surface area contributed by atoms with Crippen molar-refractivity contribution >= 4 is 11.4 Å². The number of hydrogen-bond donors (Lipinski definition) is 1. The van der Waals surface area contributed by atoms with E-state index >= 15 is 0 Å². The molecule has 2 aromatic rings. The Kier molecular flexibility index (Phi) is 3.26. The number of halogens is 1. The second kappa shape index (κ2) is 5.29. The van der Waals surface area contributed by atoms with Gasteiger partial charge in [-0.2, -0.15) is 0 Å². The van der Waals surface area contributed by atoms with Gasteiger partial charge in [0, 0.05) is 37.4 Å². The molecule has 2 fully saturated rings. The monoisotopic (exact) mass is 297 g/mol. The van der Waals surface area contributed by atoms with E-state index in [2.05, 4.69) is 34.1 Å². The summed E-state index contributed by atoms with van der Waals surface area (Å²) in [6, 6.07) is 16.5. The maximum absolute atomic E-state index is 14.1. The topological polar surface area (TPSA) is 32.5 Å². The van der Waals surface area contributed by atoms with Crippen LogP contribution in [-0.4, -0.2) is 30.1 Å². The number of likely N-dealkylation sites (tertiary alicyclic amines) is 1. The Balaban J connectivity index is 1.48. The molecule has 2 N–H and O–H groups in total. The summed E-state index contributed by atoms with van der Waals surface area (Å²) in [4.78, 5) is 4.73.